The lowest BCUT2D eigenvalue weighted by atomic mass is 9.95. The number of ether oxygens (including phenoxy) is 1. The Morgan fingerprint density at radius 3 is 2.49 bits per heavy atom. The Balaban J connectivity index is 1.78. The zero-order valence-electron chi connectivity index (χ0n) is 18.1. The van der Waals surface area contributed by atoms with Crippen molar-refractivity contribution in [3.8, 4) is 11.5 Å². The lowest BCUT2D eigenvalue weighted by Crippen LogP contribution is -2.30. The molecular formula is C25H17Cl2N3O5. The molecule has 1 atom stereocenters. The van der Waals surface area contributed by atoms with Crippen molar-refractivity contribution in [2.75, 3.05) is 12.0 Å². The standard InChI is InChI=1S/C25H17Cl2N3O5/c1-35-23-15(10-13(26)11-16(23)27)21(32)19-20(12-6-8-14(31)9-7-12)30(24(34)22(19)33)25-28-17-4-2-3-5-18(17)29-25/h2-11,20,31-32H,1H3,(H,28,29)/b21-19+. The number of para-hydroxylation sites is 2. The van der Waals surface area contributed by atoms with E-state index in [1.165, 1.54) is 36.3 Å². The molecule has 1 aromatic heterocycles. The molecule has 1 aliphatic heterocycles. The first-order valence-electron chi connectivity index (χ1n) is 10.4. The second kappa shape index (κ2) is 8.65. The normalized spacial score (nSPS) is 17.3. The highest BCUT2D eigenvalue weighted by Gasteiger charge is 2.48. The Morgan fingerprint density at radius 2 is 1.80 bits per heavy atom. The second-order valence-electron chi connectivity index (χ2n) is 7.81. The van der Waals surface area contributed by atoms with Gasteiger partial charge in [-0.25, -0.2) is 4.98 Å². The zero-order valence-corrected chi connectivity index (χ0v) is 19.6. The van der Waals surface area contributed by atoms with E-state index in [4.69, 9.17) is 27.9 Å². The average molecular weight is 510 g/mol. The van der Waals surface area contributed by atoms with Gasteiger partial charge >= 0.3 is 5.91 Å². The summed E-state index contributed by atoms with van der Waals surface area (Å²) in [5.74, 6) is -2.12. The molecule has 35 heavy (non-hydrogen) atoms. The number of nitrogens with zero attached hydrogens (tertiary/aromatic N) is 2. The van der Waals surface area contributed by atoms with Crippen LogP contribution in [-0.2, 0) is 9.59 Å². The van der Waals surface area contributed by atoms with E-state index in [1.54, 1.807) is 30.3 Å². The van der Waals surface area contributed by atoms with Gasteiger partial charge in [0, 0.05) is 5.02 Å². The van der Waals surface area contributed by atoms with Gasteiger partial charge in [0.1, 0.15) is 17.3 Å². The number of anilines is 1. The van der Waals surface area contributed by atoms with Gasteiger partial charge < -0.3 is 19.9 Å². The van der Waals surface area contributed by atoms with Crippen LogP contribution < -0.4 is 9.64 Å². The molecule has 0 radical (unpaired) electrons. The van der Waals surface area contributed by atoms with Gasteiger partial charge in [-0.1, -0.05) is 47.5 Å². The molecule has 2 heterocycles. The number of ketones is 1. The number of methoxy groups -OCH3 is 1. The molecule has 1 unspecified atom stereocenters. The van der Waals surface area contributed by atoms with E-state index in [0.717, 1.165) is 0 Å². The van der Waals surface area contributed by atoms with Crippen LogP contribution in [0, 0.1) is 0 Å². The van der Waals surface area contributed by atoms with Crippen molar-refractivity contribution in [1.82, 2.24) is 9.97 Å². The molecule has 1 aliphatic rings. The van der Waals surface area contributed by atoms with Gasteiger partial charge in [0.15, 0.2) is 0 Å². The maximum atomic E-state index is 13.3. The smallest absolute Gasteiger partial charge is 0.302 e. The van der Waals surface area contributed by atoms with Crippen molar-refractivity contribution < 1.29 is 24.5 Å². The number of nitrogens with one attached hydrogen (secondary N) is 1. The number of aromatic amines is 1. The van der Waals surface area contributed by atoms with Crippen LogP contribution in [0.5, 0.6) is 11.5 Å². The summed E-state index contributed by atoms with van der Waals surface area (Å²) in [5.41, 5.74) is 1.56. The lowest BCUT2D eigenvalue weighted by Gasteiger charge is -2.23. The summed E-state index contributed by atoms with van der Waals surface area (Å²) in [5, 5.41) is 21.5. The van der Waals surface area contributed by atoms with Gasteiger partial charge in [-0.3, -0.25) is 14.5 Å². The van der Waals surface area contributed by atoms with Crippen molar-refractivity contribution in [3.05, 3.63) is 87.4 Å². The molecule has 176 valence electrons. The van der Waals surface area contributed by atoms with Crippen molar-refractivity contribution >= 4 is 57.6 Å². The lowest BCUT2D eigenvalue weighted by molar-refractivity contribution is -0.132. The molecule has 8 nitrogen and oxygen atoms in total. The molecule has 4 aromatic rings. The average Bonchev–Trinajstić information content (AvgIpc) is 3.37. The highest BCUT2D eigenvalue weighted by atomic mass is 35.5. The SMILES string of the molecule is COc1c(Cl)cc(Cl)cc1/C(O)=C1\C(=O)C(=O)N(c2nc3ccccc3[nH]2)C1c1ccc(O)cc1. The van der Waals surface area contributed by atoms with E-state index in [9.17, 15) is 19.8 Å². The number of amides is 1. The molecule has 0 saturated carbocycles. The quantitative estimate of drug-likeness (QED) is 0.197. The van der Waals surface area contributed by atoms with E-state index in [-0.39, 0.29) is 38.6 Å². The molecule has 3 N–H and O–H groups in total. The van der Waals surface area contributed by atoms with Crippen molar-refractivity contribution in [3.63, 3.8) is 0 Å². The van der Waals surface area contributed by atoms with Crippen LogP contribution in [0.25, 0.3) is 16.8 Å². The maximum absolute atomic E-state index is 13.3. The number of fused-ring (bicyclic) bond motifs is 1. The number of aliphatic hydroxyl groups is 1. The molecule has 1 amide bonds. The number of phenolic OH excluding ortho intramolecular Hbond substituents is 1. The van der Waals surface area contributed by atoms with Crippen molar-refractivity contribution in [2.24, 2.45) is 0 Å². The largest absolute Gasteiger partial charge is 0.508 e. The first kappa shape index (κ1) is 22.8. The van der Waals surface area contributed by atoms with E-state index in [0.29, 0.717) is 16.6 Å². The first-order valence-corrected chi connectivity index (χ1v) is 11.1. The minimum atomic E-state index is -1.07. The van der Waals surface area contributed by atoms with Crippen LogP contribution in [0.3, 0.4) is 0 Å². The molecule has 3 aromatic carbocycles. The van der Waals surface area contributed by atoms with Crippen molar-refractivity contribution in [1.29, 1.82) is 0 Å². The van der Waals surface area contributed by atoms with Gasteiger partial charge in [0.05, 0.1) is 40.3 Å². The van der Waals surface area contributed by atoms with Gasteiger partial charge in [0.25, 0.3) is 5.78 Å². The fraction of sp³-hybridized carbons (Fsp3) is 0.0800. The number of aromatic hydroxyl groups is 1. The van der Waals surface area contributed by atoms with Crippen LogP contribution in [0.1, 0.15) is 17.2 Å². The molecule has 0 aliphatic carbocycles. The number of aliphatic hydroxyl groups excluding tert-OH is 1. The first-order chi connectivity index (χ1) is 16.8. The van der Waals surface area contributed by atoms with E-state index in [2.05, 4.69) is 9.97 Å². The third kappa shape index (κ3) is 3.77. The topological polar surface area (TPSA) is 116 Å². The molecule has 1 saturated heterocycles. The van der Waals surface area contributed by atoms with Crippen LogP contribution in [-0.4, -0.2) is 39.0 Å². The van der Waals surface area contributed by atoms with Gasteiger partial charge in [0.2, 0.25) is 5.95 Å². The molecule has 5 rings (SSSR count). The van der Waals surface area contributed by atoms with Crippen LogP contribution in [0.15, 0.2) is 66.2 Å². The number of phenols is 1. The Bertz CT molecular complexity index is 1500. The number of Topliss-reactive ketones (excluding diaryl/α,β-unsaturated/α-hetero) is 1. The molecule has 0 bridgehead atoms. The van der Waals surface area contributed by atoms with Crippen LogP contribution in [0.4, 0.5) is 5.95 Å². The number of imidazole rings is 1. The third-order valence-electron chi connectivity index (χ3n) is 5.73. The number of aromatic nitrogens is 2. The Labute approximate surface area is 209 Å². The summed E-state index contributed by atoms with van der Waals surface area (Å²) < 4.78 is 5.34. The molecule has 0 spiro atoms. The van der Waals surface area contributed by atoms with E-state index >= 15 is 0 Å². The van der Waals surface area contributed by atoms with Gasteiger partial charge in [-0.2, -0.15) is 0 Å². The highest BCUT2D eigenvalue weighted by Crippen LogP contribution is 2.44. The molecular weight excluding hydrogens is 493 g/mol. The second-order valence-corrected chi connectivity index (χ2v) is 8.65. The predicted octanol–water partition coefficient (Wildman–Crippen LogP) is 5.21. The van der Waals surface area contributed by atoms with E-state index < -0.39 is 23.5 Å². The number of rotatable bonds is 4. The third-order valence-corrected chi connectivity index (χ3v) is 6.22. The Kier molecular flexibility index (Phi) is 5.62. The van der Waals surface area contributed by atoms with Crippen LogP contribution >= 0.6 is 23.2 Å². The number of benzene rings is 3. The number of halogens is 2. The minimum absolute atomic E-state index is 0.00210. The summed E-state index contributed by atoms with van der Waals surface area (Å²) in [7, 11) is 1.36. The predicted molar refractivity (Wildman–Crippen MR) is 132 cm³/mol. The number of carbonyl (C=O) groups excluding carboxylic acids is 2. The highest BCUT2D eigenvalue weighted by molar-refractivity contribution is 6.51. The Hall–Kier alpha value is -4.01. The maximum Gasteiger partial charge on any atom is 0.302 e. The summed E-state index contributed by atoms with van der Waals surface area (Å²) in [6, 6.07) is 14.9. The van der Waals surface area contributed by atoms with Crippen molar-refractivity contribution in [2.45, 2.75) is 6.04 Å². The Morgan fingerprint density at radius 1 is 1.09 bits per heavy atom. The molecule has 10 heteroatoms. The monoisotopic (exact) mass is 509 g/mol. The van der Waals surface area contributed by atoms with E-state index in [1.807, 2.05) is 6.07 Å². The number of carbonyl (C=O) groups is 2. The fourth-order valence-corrected chi connectivity index (χ4v) is 4.74. The summed E-state index contributed by atoms with van der Waals surface area (Å²) in [6.07, 6.45) is 0. The van der Waals surface area contributed by atoms with Crippen LogP contribution in [0.2, 0.25) is 10.0 Å². The number of H-pyrrole nitrogens is 1. The number of hydrogen-bond acceptors (Lipinski definition) is 6. The van der Waals surface area contributed by atoms with Gasteiger partial charge in [-0.05, 0) is 42.0 Å². The number of hydrogen-bond donors (Lipinski definition) is 3. The summed E-state index contributed by atoms with van der Waals surface area (Å²) in [6.45, 7) is 0. The molecule has 1 fully saturated rings. The minimum Gasteiger partial charge on any atom is -0.508 e. The van der Waals surface area contributed by atoms with Gasteiger partial charge in [-0.15, -0.1) is 0 Å². The fourth-order valence-electron chi connectivity index (χ4n) is 4.17. The summed E-state index contributed by atoms with van der Waals surface area (Å²) >= 11 is 12.4. The zero-order chi connectivity index (χ0) is 24.9. The summed E-state index contributed by atoms with van der Waals surface area (Å²) in [4.78, 5) is 35.4.